The monoisotopic (exact) mass is 461 g/mol. The summed E-state index contributed by atoms with van der Waals surface area (Å²) in [5, 5.41) is 20.2. The van der Waals surface area contributed by atoms with Crippen molar-refractivity contribution in [1.82, 2.24) is 4.57 Å². The van der Waals surface area contributed by atoms with Gasteiger partial charge >= 0.3 is 5.97 Å². The van der Waals surface area contributed by atoms with E-state index in [0.29, 0.717) is 28.6 Å². The quantitative estimate of drug-likeness (QED) is 0.528. The first-order valence-electron chi connectivity index (χ1n) is 9.23. The van der Waals surface area contributed by atoms with Crippen LogP contribution in [0.25, 0.3) is 10.9 Å². The Morgan fingerprint density at radius 2 is 1.83 bits per heavy atom. The van der Waals surface area contributed by atoms with Crippen molar-refractivity contribution in [2.24, 2.45) is 5.92 Å². The van der Waals surface area contributed by atoms with Crippen molar-refractivity contribution < 1.29 is 24.2 Å². The average molecular weight is 462 g/mol. The molecule has 1 aromatic heterocycles. The van der Waals surface area contributed by atoms with Crippen molar-refractivity contribution in [1.29, 1.82) is 0 Å². The van der Waals surface area contributed by atoms with Crippen LogP contribution in [-0.2, 0) is 4.79 Å². The van der Waals surface area contributed by atoms with Crippen LogP contribution in [0.1, 0.15) is 47.8 Å². The number of hydrogen-bond donors (Lipinski definition) is 2. The number of fused-ring (bicyclic) bond motifs is 1. The summed E-state index contributed by atoms with van der Waals surface area (Å²) >= 11 is 3.32. The fraction of sp³-hybridized carbons (Fsp3) is 0.273. The van der Waals surface area contributed by atoms with Crippen LogP contribution < -0.4 is 0 Å². The number of benzene rings is 2. The number of rotatable bonds is 5. The van der Waals surface area contributed by atoms with Gasteiger partial charge < -0.3 is 10.2 Å². The first-order valence-corrected chi connectivity index (χ1v) is 10.0. The largest absolute Gasteiger partial charge is 0.505 e. The number of phenols is 1. The van der Waals surface area contributed by atoms with E-state index in [9.17, 15) is 24.2 Å². The molecule has 7 heteroatoms. The Kier molecular flexibility index (Phi) is 5.80. The summed E-state index contributed by atoms with van der Waals surface area (Å²) in [6, 6.07) is 9.00. The molecule has 0 amide bonds. The van der Waals surface area contributed by atoms with Crippen LogP contribution in [0.3, 0.4) is 0 Å². The molecule has 0 aliphatic carbocycles. The molecular formula is C22H21BrFNO4. The van der Waals surface area contributed by atoms with Crippen molar-refractivity contribution in [3.63, 3.8) is 0 Å². The zero-order valence-corrected chi connectivity index (χ0v) is 17.8. The van der Waals surface area contributed by atoms with E-state index in [2.05, 4.69) is 15.9 Å². The standard InChI is InChI=1S/C22H21BrFNO4/c1-4-11(2)19(22(28)29)20-12(3)25(17-10-16(24)18(26)9-15(17)20)21(27)13-5-7-14(23)8-6-13/h5-11,19,26H,4H2,1-3H3,(H,28,29). The third-order valence-corrected chi connectivity index (χ3v) is 5.93. The van der Waals surface area contributed by atoms with Gasteiger partial charge in [-0.15, -0.1) is 0 Å². The summed E-state index contributed by atoms with van der Waals surface area (Å²) in [6.07, 6.45) is 0.608. The molecule has 0 spiro atoms. The lowest BCUT2D eigenvalue weighted by Crippen LogP contribution is -2.21. The minimum atomic E-state index is -1.03. The lowest BCUT2D eigenvalue weighted by Gasteiger charge is -2.20. The molecule has 3 aromatic rings. The van der Waals surface area contributed by atoms with Gasteiger partial charge in [0.2, 0.25) is 0 Å². The van der Waals surface area contributed by atoms with Gasteiger partial charge in [-0.05, 0) is 48.7 Å². The fourth-order valence-corrected chi connectivity index (χ4v) is 3.98. The lowest BCUT2D eigenvalue weighted by atomic mass is 9.84. The second-order valence-corrected chi connectivity index (χ2v) is 8.08. The zero-order chi connectivity index (χ0) is 21.5. The van der Waals surface area contributed by atoms with Crippen molar-refractivity contribution in [2.75, 3.05) is 0 Å². The van der Waals surface area contributed by atoms with Gasteiger partial charge in [-0.2, -0.15) is 0 Å². The molecule has 0 aliphatic rings. The maximum Gasteiger partial charge on any atom is 0.311 e. The molecular weight excluding hydrogens is 441 g/mol. The Balaban J connectivity index is 2.35. The predicted octanol–water partition coefficient (Wildman–Crippen LogP) is 5.46. The molecule has 2 unspecified atom stereocenters. The highest BCUT2D eigenvalue weighted by Gasteiger charge is 2.33. The molecule has 3 rings (SSSR count). The summed E-state index contributed by atoms with van der Waals surface area (Å²) in [5.41, 5.74) is 1.45. The van der Waals surface area contributed by atoms with Crippen molar-refractivity contribution in [2.45, 2.75) is 33.1 Å². The van der Waals surface area contributed by atoms with Gasteiger partial charge in [0.05, 0.1) is 11.4 Å². The minimum absolute atomic E-state index is 0.222. The fourth-order valence-electron chi connectivity index (χ4n) is 3.71. The van der Waals surface area contributed by atoms with Crippen LogP contribution in [0.2, 0.25) is 0 Å². The van der Waals surface area contributed by atoms with Crippen LogP contribution in [0.5, 0.6) is 5.75 Å². The molecule has 5 nitrogen and oxygen atoms in total. The molecule has 2 N–H and O–H groups in total. The first-order chi connectivity index (χ1) is 13.7. The summed E-state index contributed by atoms with van der Waals surface area (Å²) < 4.78 is 16.3. The molecule has 0 aliphatic heterocycles. The van der Waals surface area contributed by atoms with E-state index in [1.165, 1.54) is 10.6 Å². The molecule has 0 saturated heterocycles. The number of nitrogens with zero attached hydrogens (tertiary/aromatic N) is 1. The number of aliphatic carboxylic acids is 1. The number of carbonyl (C=O) groups excluding carboxylic acids is 1. The van der Waals surface area contributed by atoms with Gasteiger partial charge in [0.15, 0.2) is 11.6 Å². The lowest BCUT2D eigenvalue weighted by molar-refractivity contribution is -0.140. The Bertz CT molecular complexity index is 1100. The first kappa shape index (κ1) is 21.0. The highest BCUT2D eigenvalue weighted by Crippen LogP contribution is 2.39. The number of carbonyl (C=O) groups is 2. The molecule has 152 valence electrons. The Labute approximate surface area is 175 Å². The average Bonchev–Trinajstić information content (AvgIpc) is 2.93. The summed E-state index contributed by atoms with van der Waals surface area (Å²) in [4.78, 5) is 25.3. The highest BCUT2D eigenvalue weighted by atomic mass is 79.9. The number of carboxylic acid groups (broad SMARTS) is 1. The molecule has 1 heterocycles. The molecule has 0 radical (unpaired) electrons. The topological polar surface area (TPSA) is 79.5 Å². The van der Waals surface area contributed by atoms with Gasteiger partial charge in [-0.25, -0.2) is 4.39 Å². The van der Waals surface area contributed by atoms with Gasteiger partial charge in [0, 0.05) is 27.2 Å². The third kappa shape index (κ3) is 3.67. The molecule has 29 heavy (non-hydrogen) atoms. The second-order valence-electron chi connectivity index (χ2n) is 7.17. The maximum atomic E-state index is 14.2. The normalized spacial score (nSPS) is 13.4. The number of phenolic OH excluding ortho intramolecular Hbond substituents is 1. The summed E-state index contributed by atoms with van der Waals surface area (Å²) in [7, 11) is 0. The summed E-state index contributed by atoms with van der Waals surface area (Å²) in [5.74, 6) is -4.00. The van der Waals surface area contributed by atoms with Crippen LogP contribution in [0, 0.1) is 18.7 Å². The predicted molar refractivity (Wildman–Crippen MR) is 112 cm³/mol. The van der Waals surface area contributed by atoms with Crippen LogP contribution in [-0.4, -0.2) is 26.7 Å². The van der Waals surface area contributed by atoms with E-state index in [1.54, 1.807) is 31.2 Å². The van der Waals surface area contributed by atoms with Gasteiger partial charge in [-0.1, -0.05) is 36.2 Å². The summed E-state index contributed by atoms with van der Waals surface area (Å²) in [6.45, 7) is 5.36. The van der Waals surface area contributed by atoms with E-state index in [-0.39, 0.29) is 11.4 Å². The molecule has 0 bridgehead atoms. The van der Waals surface area contributed by atoms with E-state index in [0.717, 1.165) is 10.5 Å². The van der Waals surface area contributed by atoms with Crippen molar-refractivity contribution >= 4 is 38.7 Å². The Morgan fingerprint density at radius 1 is 1.21 bits per heavy atom. The minimum Gasteiger partial charge on any atom is -0.505 e. The molecule has 0 fully saturated rings. The Hall–Kier alpha value is -2.67. The van der Waals surface area contributed by atoms with E-state index in [4.69, 9.17) is 0 Å². The van der Waals surface area contributed by atoms with E-state index >= 15 is 0 Å². The smallest absolute Gasteiger partial charge is 0.311 e. The van der Waals surface area contributed by atoms with Crippen molar-refractivity contribution in [3.05, 3.63) is 63.5 Å². The SMILES string of the molecule is CCC(C)C(C(=O)O)c1c(C)n(C(=O)c2ccc(Br)cc2)c2cc(F)c(O)cc12. The van der Waals surface area contributed by atoms with E-state index < -0.39 is 29.4 Å². The zero-order valence-electron chi connectivity index (χ0n) is 16.2. The Morgan fingerprint density at radius 3 is 2.38 bits per heavy atom. The maximum absolute atomic E-state index is 14.2. The molecule has 2 atom stereocenters. The number of aromatic hydroxyl groups is 1. The van der Waals surface area contributed by atoms with Gasteiger partial charge in [0.25, 0.3) is 5.91 Å². The number of hydrogen-bond acceptors (Lipinski definition) is 3. The number of aromatic nitrogens is 1. The van der Waals surface area contributed by atoms with Crippen molar-refractivity contribution in [3.8, 4) is 5.75 Å². The highest BCUT2D eigenvalue weighted by molar-refractivity contribution is 9.10. The molecule has 2 aromatic carbocycles. The third-order valence-electron chi connectivity index (χ3n) is 5.41. The molecule has 0 saturated carbocycles. The second kappa shape index (κ2) is 7.99. The van der Waals surface area contributed by atoms with Crippen LogP contribution >= 0.6 is 15.9 Å². The van der Waals surface area contributed by atoms with Crippen LogP contribution in [0.15, 0.2) is 40.9 Å². The number of carboxylic acids is 1. The number of halogens is 2. The van der Waals surface area contributed by atoms with Gasteiger partial charge in [0.1, 0.15) is 0 Å². The van der Waals surface area contributed by atoms with E-state index in [1.807, 2.05) is 13.8 Å². The van der Waals surface area contributed by atoms with Gasteiger partial charge in [-0.3, -0.25) is 14.2 Å². The van der Waals surface area contributed by atoms with Crippen LogP contribution in [0.4, 0.5) is 4.39 Å².